The van der Waals surface area contributed by atoms with Gasteiger partial charge in [-0.1, -0.05) is 11.6 Å². The zero-order valence-electron chi connectivity index (χ0n) is 9.21. The predicted molar refractivity (Wildman–Crippen MR) is 63.6 cm³/mol. The van der Waals surface area contributed by atoms with E-state index in [0.717, 1.165) is 0 Å². The number of anilines is 1. The number of ether oxygens (including phenoxy) is 1. The van der Waals surface area contributed by atoms with Gasteiger partial charge in [0.25, 0.3) is 0 Å². The van der Waals surface area contributed by atoms with Crippen molar-refractivity contribution in [3.63, 3.8) is 0 Å². The first-order valence-electron chi connectivity index (χ1n) is 5.50. The molecule has 1 heterocycles. The molecule has 0 atom stereocenters. The molecular weight excluding hydrogens is 245 g/mol. The van der Waals surface area contributed by atoms with Gasteiger partial charge < -0.3 is 10.1 Å². The van der Waals surface area contributed by atoms with Gasteiger partial charge in [0.2, 0.25) is 5.91 Å². The van der Waals surface area contributed by atoms with Gasteiger partial charge in [-0.05, 0) is 31.0 Å². The second-order valence-corrected chi connectivity index (χ2v) is 4.41. The molecule has 1 amide bonds. The number of rotatable bonds is 2. The van der Waals surface area contributed by atoms with Gasteiger partial charge in [-0.25, -0.2) is 4.39 Å². The lowest BCUT2D eigenvalue weighted by molar-refractivity contribution is -0.122. The normalized spacial score (nSPS) is 16.8. The summed E-state index contributed by atoms with van der Waals surface area (Å²) in [6.07, 6.45) is 1.43. The Morgan fingerprint density at radius 2 is 2.12 bits per heavy atom. The van der Waals surface area contributed by atoms with E-state index in [-0.39, 0.29) is 16.8 Å². The summed E-state index contributed by atoms with van der Waals surface area (Å²) >= 11 is 5.83. The Balaban J connectivity index is 2.02. The third-order valence-electron chi connectivity index (χ3n) is 2.78. The average Bonchev–Trinajstić information content (AvgIpc) is 2.34. The lowest BCUT2D eigenvalue weighted by Gasteiger charge is -2.21. The molecule has 0 aromatic heterocycles. The summed E-state index contributed by atoms with van der Waals surface area (Å²) in [7, 11) is 0. The summed E-state index contributed by atoms with van der Waals surface area (Å²) in [5.74, 6) is -0.550. The van der Waals surface area contributed by atoms with Gasteiger partial charge in [0, 0.05) is 19.1 Å². The highest BCUT2D eigenvalue weighted by molar-refractivity contribution is 6.33. The maximum atomic E-state index is 12.8. The minimum absolute atomic E-state index is 0.0510. The van der Waals surface area contributed by atoms with Crippen LogP contribution in [0.5, 0.6) is 0 Å². The molecule has 0 unspecified atom stereocenters. The van der Waals surface area contributed by atoms with Crippen LogP contribution in [0.2, 0.25) is 5.02 Å². The monoisotopic (exact) mass is 257 g/mol. The number of halogens is 2. The van der Waals surface area contributed by atoms with E-state index < -0.39 is 5.82 Å². The zero-order chi connectivity index (χ0) is 12.3. The zero-order valence-corrected chi connectivity index (χ0v) is 9.97. The van der Waals surface area contributed by atoms with Crippen LogP contribution in [0.4, 0.5) is 10.1 Å². The smallest absolute Gasteiger partial charge is 0.227 e. The maximum Gasteiger partial charge on any atom is 0.227 e. The number of carbonyl (C=O) groups excluding carboxylic acids is 1. The highest BCUT2D eigenvalue weighted by Gasteiger charge is 2.22. The summed E-state index contributed by atoms with van der Waals surface area (Å²) in [6, 6.07) is 3.92. The van der Waals surface area contributed by atoms with Gasteiger partial charge in [-0.2, -0.15) is 0 Å². The van der Waals surface area contributed by atoms with Gasteiger partial charge >= 0.3 is 0 Å². The predicted octanol–water partition coefficient (Wildman–Crippen LogP) is 2.84. The Bertz CT molecular complexity index is 419. The van der Waals surface area contributed by atoms with Crippen molar-refractivity contribution in [1.82, 2.24) is 0 Å². The van der Waals surface area contributed by atoms with Crippen LogP contribution >= 0.6 is 11.6 Å². The standard InChI is InChI=1S/C12H13ClFNO2/c13-10-7-9(14)1-2-11(10)15-12(16)8-3-5-17-6-4-8/h1-2,7-8H,3-6H2,(H,15,16). The molecule has 17 heavy (non-hydrogen) atoms. The fraction of sp³-hybridized carbons (Fsp3) is 0.417. The van der Waals surface area contributed by atoms with Crippen molar-refractivity contribution >= 4 is 23.2 Å². The lowest BCUT2D eigenvalue weighted by atomic mass is 9.99. The Morgan fingerprint density at radius 3 is 2.76 bits per heavy atom. The molecule has 2 rings (SSSR count). The fourth-order valence-corrected chi connectivity index (χ4v) is 2.00. The first kappa shape index (κ1) is 12.3. The molecule has 1 saturated heterocycles. The SMILES string of the molecule is O=C(Nc1ccc(F)cc1Cl)C1CCOCC1. The number of hydrogen-bond donors (Lipinski definition) is 1. The van der Waals surface area contributed by atoms with Gasteiger partial charge in [0.15, 0.2) is 0 Å². The van der Waals surface area contributed by atoms with Crippen molar-refractivity contribution < 1.29 is 13.9 Å². The van der Waals surface area contributed by atoms with E-state index in [2.05, 4.69) is 5.32 Å². The van der Waals surface area contributed by atoms with Crippen LogP contribution < -0.4 is 5.32 Å². The molecule has 92 valence electrons. The number of hydrogen-bond acceptors (Lipinski definition) is 2. The van der Waals surface area contributed by atoms with E-state index in [1.165, 1.54) is 18.2 Å². The molecule has 1 aliphatic heterocycles. The topological polar surface area (TPSA) is 38.3 Å². The highest BCUT2D eigenvalue weighted by Crippen LogP contribution is 2.24. The van der Waals surface area contributed by atoms with Crippen molar-refractivity contribution in [2.45, 2.75) is 12.8 Å². The minimum Gasteiger partial charge on any atom is -0.381 e. The molecule has 1 fully saturated rings. The molecule has 0 radical (unpaired) electrons. The number of benzene rings is 1. The second-order valence-electron chi connectivity index (χ2n) is 4.00. The maximum absolute atomic E-state index is 12.8. The third-order valence-corrected chi connectivity index (χ3v) is 3.09. The van der Waals surface area contributed by atoms with E-state index in [9.17, 15) is 9.18 Å². The molecule has 0 spiro atoms. The van der Waals surface area contributed by atoms with E-state index >= 15 is 0 Å². The Hall–Kier alpha value is -1.13. The molecular formula is C12H13ClFNO2. The highest BCUT2D eigenvalue weighted by atomic mass is 35.5. The Morgan fingerprint density at radius 1 is 1.41 bits per heavy atom. The molecule has 0 saturated carbocycles. The largest absolute Gasteiger partial charge is 0.381 e. The molecule has 0 aliphatic carbocycles. The lowest BCUT2D eigenvalue weighted by Crippen LogP contribution is -2.28. The summed E-state index contributed by atoms with van der Waals surface area (Å²) in [6.45, 7) is 1.21. The molecule has 1 N–H and O–H groups in total. The Kier molecular flexibility index (Phi) is 3.97. The van der Waals surface area contributed by atoms with Crippen LogP contribution in [0.25, 0.3) is 0 Å². The van der Waals surface area contributed by atoms with E-state index in [4.69, 9.17) is 16.3 Å². The average molecular weight is 258 g/mol. The molecule has 1 aromatic rings. The summed E-state index contributed by atoms with van der Waals surface area (Å²) in [5, 5.41) is 2.93. The molecule has 1 aliphatic rings. The molecule has 0 bridgehead atoms. The number of nitrogens with one attached hydrogen (secondary N) is 1. The number of amides is 1. The number of carbonyl (C=O) groups is 1. The summed E-state index contributed by atoms with van der Waals surface area (Å²) < 4.78 is 18.0. The summed E-state index contributed by atoms with van der Waals surface area (Å²) in [5.41, 5.74) is 0.449. The van der Waals surface area contributed by atoms with E-state index in [1.54, 1.807) is 0 Å². The molecule has 5 heteroatoms. The second kappa shape index (κ2) is 5.47. The van der Waals surface area contributed by atoms with Crippen molar-refractivity contribution in [2.24, 2.45) is 5.92 Å². The minimum atomic E-state index is -0.418. The first-order chi connectivity index (χ1) is 8.16. The first-order valence-corrected chi connectivity index (χ1v) is 5.88. The van der Waals surface area contributed by atoms with Crippen LogP contribution in [0.1, 0.15) is 12.8 Å². The molecule has 3 nitrogen and oxygen atoms in total. The quantitative estimate of drug-likeness (QED) is 0.885. The third kappa shape index (κ3) is 3.17. The van der Waals surface area contributed by atoms with E-state index in [0.29, 0.717) is 31.7 Å². The van der Waals surface area contributed by atoms with Crippen LogP contribution in [0.3, 0.4) is 0 Å². The van der Waals surface area contributed by atoms with Gasteiger partial charge in [-0.3, -0.25) is 4.79 Å². The molecule has 1 aromatic carbocycles. The van der Waals surface area contributed by atoms with Gasteiger partial charge in [-0.15, -0.1) is 0 Å². The van der Waals surface area contributed by atoms with Crippen LogP contribution in [-0.2, 0) is 9.53 Å². The van der Waals surface area contributed by atoms with Gasteiger partial charge in [0.1, 0.15) is 5.82 Å². The van der Waals surface area contributed by atoms with Crippen molar-refractivity contribution in [2.75, 3.05) is 18.5 Å². The van der Waals surface area contributed by atoms with Crippen LogP contribution in [0, 0.1) is 11.7 Å². The fourth-order valence-electron chi connectivity index (χ4n) is 1.79. The van der Waals surface area contributed by atoms with Gasteiger partial charge in [0.05, 0.1) is 10.7 Å². The van der Waals surface area contributed by atoms with Crippen LogP contribution in [0.15, 0.2) is 18.2 Å². The Labute approximate surface area is 104 Å². The van der Waals surface area contributed by atoms with Crippen molar-refractivity contribution in [3.05, 3.63) is 29.0 Å². The summed E-state index contributed by atoms with van der Waals surface area (Å²) in [4.78, 5) is 11.9. The van der Waals surface area contributed by atoms with Crippen molar-refractivity contribution in [1.29, 1.82) is 0 Å². The van der Waals surface area contributed by atoms with Crippen LogP contribution in [-0.4, -0.2) is 19.1 Å². The van der Waals surface area contributed by atoms with Crippen molar-refractivity contribution in [3.8, 4) is 0 Å². The van der Waals surface area contributed by atoms with E-state index in [1.807, 2.05) is 0 Å².